The van der Waals surface area contributed by atoms with Crippen LogP contribution in [0.1, 0.15) is 29.8 Å². The number of amides is 2. The zero-order valence-electron chi connectivity index (χ0n) is 15.0. The first-order chi connectivity index (χ1) is 13.1. The van der Waals surface area contributed by atoms with E-state index < -0.39 is 6.03 Å². The molecule has 2 heterocycles. The summed E-state index contributed by atoms with van der Waals surface area (Å²) in [5, 5.41) is 9.89. The Kier molecular flexibility index (Phi) is 4.45. The predicted octanol–water partition coefficient (Wildman–Crippen LogP) is 2.79. The third-order valence-electron chi connectivity index (χ3n) is 4.48. The molecule has 27 heavy (non-hydrogen) atoms. The normalized spacial score (nSPS) is 13.1. The number of aromatic amines is 1. The van der Waals surface area contributed by atoms with Gasteiger partial charge in [-0.1, -0.05) is 18.2 Å². The molecule has 8 nitrogen and oxygen atoms in total. The first-order valence-electron chi connectivity index (χ1n) is 8.92. The molecule has 0 aliphatic heterocycles. The SMILES string of the molecule is Cc1cc(NC(=O)Nc2ccccc2)n(-c2nc3c(c(=O)[nH]2)CCCC3)n1. The van der Waals surface area contributed by atoms with Crippen LogP contribution in [0.5, 0.6) is 0 Å². The van der Waals surface area contributed by atoms with Crippen LogP contribution in [-0.2, 0) is 12.8 Å². The molecule has 3 N–H and O–H groups in total. The highest BCUT2D eigenvalue weighted by atomic mass is 16.2. The Bertz CT molecular complexity index is 1040. The maximum atomic E-state index is 12.4. The van der Waals surface area contributed by atoms with E-state index in [0.29, 0.717) is 23.1 Å². The fourth-order valence-corrected chi connectivity index (χ4v) is 3.24. The van der Waals surface area contributed by atoms with Gasteiger partial charge in [0.2, 0.25) is 5.95 Å². The molecule has 3 aromatic rings. The van der Waals surface area contributed by atoms with E-state index in [9.17, 15) is 9.59 Å². The van der Waals surface area contributed by atoms with Gasteiger partial charge in [0.05, 0.1) is 11.4 Å². The Morgan fingerprint density at radius 1 is 1.15 bits per heavy atom. The second-order valence-corrected chi connectivity index (χ2v) is 6.55. The van der Waals surface area contributed by atoms with Gasteiger partial charge in [-0.05, 0) is 44.7 Å². The summed E-state index contributed by atoms with van der Waals surface area (Å²) in [6.45, 7) is 1.81. The molecule has 0 saturated heterocycles. The van der Waals surface area contributed by atoms with Crippen LogP contribution in [0, 0.1) is 6.92 Å². The van der Waals surface area contributed by atoms with Gasteiger partial charge in [0.15, 0.2) is 0 Å². The number of nitrogens with one attached hydrogen (secondary N) is 3. The largest absolute Gasteiger partial charge is 0.324 e. The van der Waals surface area contributed by atoms with E-state index in [4.69, 9.17) is 0 Å². The first kappa shape index (κ1) is 17.0. The van der Waals surface area contributed by atoms with Gasteiger partial charge in [0.1, 0.15) is 5.82 Å². The van der Waals surface area contributed by atoms with Crippen LogP contribution in [0.15, 0.2) is 41.2 Å². The zero-order valence-corrected chi connectivity index (χ0v) is 15.0. The number of H-pyrrole nitrogens is 1. The number of aryl methyl sites for hydroxylation is 2. The van der Waals surface area contributed by atoms with Gasteiger partial charge in [0, 0.05) is 17.3 Å². The van der Waals surface area contributed by atoms with Crippen molar-refractivity contribution in [2.24, 2.45) is 0 Å². The molecule has 0 bridgehead atoms. The van der Waals surface area contributed by atoms with Gasteiger partial charge in [-0.25, -0.2) is 9.78 Å². The van der Waals surface area contributed by atoms with Crippen LogP contribution < -0.4 is 16.2 Å². The second-order valence-electron chi connectivity index (χ2n) is 6.55. The Morgan fingerprint density at radius 2 is 1.93 bits per heavy atom. The molecule has 1 aliphatic carbocycles. The minimum atomic E-state index is -0.400. The van der Waals surface area contributed by atoms with Crippen molar-refractivity contribution in [1.29, 1.82) is 0 Å². The van der Waals surface area contributed by atoms with Crippen LogP contribution in [0.4, 0.5) is 16.3 Å². The maximum Gasteiger partial charge on any atom is 0.324 e. The van der Waals surface area contributed by atoms with Gasteiger partial charge in [-0.3, -0.25) is 15.1 Å². The van der Waals surface area contributed by atoms with E-state index in [1.54, 1.807) is 18.2 Å². The number of hydrogen-bond acceptors (Lipinski definition) is 4. The van der Waals surface area contributed by atoms with Crippen LogP contribution in [-0.4, -0.2) is 25.8 Å². The van der Waals surface area contributed by atoms with Crippen molar-refractivity contribution in [3.63, 3.8) is 0 Å². The summed E-state index contributed by atoms with van der Waals surface area (Å²) in [4.78, 5) is 32.1. The van der Waals surface area contributed by atoms with Gasteiger partial charge in [-0.2, -0.15) is 9.78 Å². The topological polar surface area (TPSA) is 105 Å². The predicted molar refractivity (Wildman–Crippen MR) is 102 cm³/mol. The summed E-state index contributed by atoms with van der Waals surface area (Å²) < 4.78 is 1.45. The van der Waals surface area contributed by atoms with E-state index in [-0.39, 0.29) is 5.56 Å². The average molecular weight is 364 g/mol. The third-order valence-corrected chi connectivity index (χ3v) is 4.48. The number of para-hydroxylation sites is 1. The fourth-order valence-electron chi connectivity index (χ4n) is 3.24. The summed E-state index contributed by atoms with van der Waals surface area (Å²) in [7, 11) is 0. The summed E-state index contributed by atoms with van der Waals surface area (Å²) in [6, 6.07) is 10.5. The lowest BCUT2D eigenvalue weighted by Crippen LogP contribution is -2.25. The molecule has 138 valence electrons. The smallest absolute Gasteiger partial charge is 0.308 e. The van der Waals surface area contributed by atoms with Gasteiger partial charge < -0.3 is 5.32 Å². The molecule has 0 saturated carbocycles. The highest BCUT2D eigenvalue weighted by Crippen LogP contribution is 2.19. The molecule has 1 aromatic carbocycles. The number of aromatic nitrogens is 4. The van der Waals surface area contributed by atoms with Crippen LogP contribution in [0.3, 0.4) is 0 Å². The number of nitrogens with zero attached hydrogens (tertiary/aromatic N) is 3. The maximum absolute atomic E-state index is 12.4. The molecule has 0 radical (unpaired) electrons. The molecule has 1 aliphatic rings. The lowest BCUT2D eigenvalue weighted by Gasteiger charge is -2.15. The quantitative estimate of drug-likeness (QED) is 0.664. The Hall–Kier alpha value is -3.42. The number of carbonyl (C=O) groups is 1. The summed E-state index contributed by atoms with van der Waals surface area (Å²) >= 11 is 0. The lowest BCUT2D eigenvalue weighted by molar-refractivity contribution is 0.262. The van der Waals surface area contributed by atoms with Crippen molar-refractivity contribution >= 4 is 17.5 Å². The first-order valence-corrected chi connectivity index (χ1v) is 8.92. The molecular weight excluding hydrogens is 344 g/mol. The minimum Gasteiger partial charge on any atom is -0.308 e. The van der Waals surface area contributed by atoms with Crippen molar-refractivity contribution in [3.05, 3.63) is 63.7 Å². The molecule has 0 spiro atoms. The van der Waals surface area contributed by atoms with Crippen LogP contribution >= 0.6 is 0 Å². The van der Waals surface area contributed by atoms with Gasteiger partial charge in [-0.15, -0.1) is 0 Å². The molecule has 0 atom stereocenters. The number of hydrogen-bond donors (Lipinski definition) is 3. The minimum absolute atomic E-state index is 0.137. The monoisotopic (exact) mass is 364 g/mol. The van der Waals surface area contributed by atoms with E-state index in [0.717, 1.165) is 36.9 Å². The molecule has 0 fully saturated rings. The highest BCUT2D eigenvalue weighted by molar-refractivity contribution is 5.99. The summed E-state index contributed by atoms with van der Waals surface area (Å²) in [6.07, 6.45) is 3.56. The summed E-state index contributed by atoms with van der Waals surface area (Å²) in [5.74, 6) is 0.739. The van der Waals surface area contributed by atoms with Crippen LogP contribution in [0.2, 0.25) is 0 Å². The number of anilines is 2. The molecule has 2 aromatic heterocycles. The Labute approximate surface area is 155 Å². The standard InChI is InChI=1S/C19H20N6O2/c1-12-11-16(22-19(27)20-13-7-3-2-4-8-13)25(24-12)18-21-15-10-6-5-9-14(15)17(26)23-18/h2-4,7-8,11H,5-6,9-10H2,1H3,(H2,20,22,27)(H,21,23,26). The van der Waals surface area contributed by atoms with E-state index in [1.807, 2.05) is 25.1 Å². The van der Waals surface area contributed by atoms with Crippen molar-refractivity contribution in [2.75, 3.05) is 10.6 Å². The highest BCUT2D eigenvalue weighted by Gasteiger charge is 2.18. The van der Waals surface area contributed by atoms with Crippen molar-refractivity contribution in [1.82, 2.24) is 19.7 Å². The van der Waals surface area contributed by atoms with Gasteiger partial charge in [0.25, 0.3) is 5.56 Å². The molecule has 2 amide bonds. The van der Waals surface area contributed by atoms with Crippen LogP contribution in [0.25, 0.3) is 5.95 Å². The summed E-state index contributed by atoms with van der Waals surface area (Å²) in [5.41, 5.74) is 2.81. The van der Waals surface area contributed by atoms with Crippen molar-refractivity contribution in [3.8, 4) is 5.95 Å². The average Bonchev–Trinajstić information content (AvgIpc) is 3.02. The van der Waals surface area contributed by atoms with Crippen molar-refractivity contribution < 1.29 is 4.79 Å². The van der Waals surface area contributed by atoms with Crippen molar-refractivity contribution in [2.45, 2.75) is 32.6 Å². The number of benzene rings is 1. The fraction of sp³-hybridized carbons (Fsp3) is 0.263. The number of rotatable bonds is 3. The third kappa shape index (κ3) is 3.59. The Balaban J connectivity index is 1.63. The molecule has 0 unspecified atom stereocenters. The number of urea groups is 1. The van der Waals surface area contributed by atoms with E-state index >= 15 is 0 Å². The van der Waals surface area contributed by atoms with E-state index in [1.165, 1.54) is 4.68 Å². The Morgan fingerprint density at radius 3 is 2.74 bits per heavy atom. The second kappa shape index (κ2) is 7.06. The van der Waals surface area contributed by atoms with Gasteiger partial charge >= 0.3 is 6.03 Å². The number of fused-ring (bicyclic) bond motifs is 1. The molecule has 4 rings (SSSR count). The number of carbonyl (C=O) groups excluding carboxylic acids is 1. The lowest BCUT2D eigenvalue weighted by atomic mass is 9.97. The zero-order chi connectivity index (χ0) is 18.8. The molecular formula is C19H20N6O2. The van der Waals surface area contributed by atoms with E-state index in [2.05, 4.69) is 25.7 Å². The molecule has 8 heteroatoms.